The van der Waals surface area contributed by atoms with Crippen molar-refractivity contribution in [2.75, 3.05) is 42.5 Å². The van der Waals surface area contributed by atoms with E-state index < -0.39 is 0 Å². The first-order valence-electron chi connectivity index (χ1n) is 10.6. The number of aromatic nitrogens is 1. The zero-order valence-electron chi connectivity index (χ0n) is 17.3. The van der Waals surface area contributed by atoms with Gasteiger partial charge in [0, 0.05) is 56.0 Å². The van der Waals surface area contributed by atoms with Gasteiger partial charge in [-0.1, -0.05) is 30.3 Å². The van der Waals surface area contributed by atoms with Crippen molar-refractivity contribution in [3.05, 3.63) is 83.7 Å². The van der Waals surface area contributed by atoms with E-state index in [1.54, 1.807) is 6.20 Å². The maximum absolute atomic E-state index is 13.1. The van der Waals surface area contributed by atoms with Gasteiger partial charge in [0.25, 0.3) is 5.91 Å². The van der Waals surface area contributed by atoms with Crippen LogP contribution >= 0.6 is 0 Å². The lowest BCUT2D eigenvalue weighted by molar-refractivity contribution is 0.0741. The summed E-state index contributed by atoms with van der Waals surface area (Å²) in [5, 5.41) is 0. The summed E-state index contributed by atoms with van der Waals surface area (Å²) >= 11 is 0. The van der Waals surface area contributed by atoms with Crippen LogP contribution in [0.3, 0.4) is 0 Å². The number of aryl methyl sites for hydroxylation is 1. The lowest BCUT2D eigenvalue weighted by atomic mass is 10.1. The van der Waals surface area contributed by atoms with Crippen molar-refractivity contribution < 1.29 is 4.79 Å². The normalized spacial score (nSPS) is 16.0. The van der Waals surface area contributed by atoms with Crippen molar-refractivity contribution in [1.82, 2.24) is 9.88 Å². The highest BCUT2D eigenvalue weighted by atomic mass is 16.2. The molecule has 30 heavy (non-hydrogen) atoms. The van der Waals surface area contributed by atoms with Crippen molar-refractivity contribution in [2.24, 2.45) is 0 Å². The van der Waals surface area contributed by atoms with Crippen LogP contribution in [0.4, 0.5) is 17.1 Å². The summed E-state index contributed by atoms with van der Waals surface area (Å²) in [5.74, 6) is 0.0215. The molecule has 152 valence electrons. The smallest absolute Gasteiger partial charge is 0.272 e. The molecule has 2 aliphatic heterocycles. The molecular weight excluding hydrogens is 372 g/mol. The zero-order chi connectivity index (χ0) is 20.5. The Morgan fingerprint density at radius 1 is 0.867 bits per heavy atom. The molecule has 0 atom stereocenters. The highest BCUT2D eigenvalue weighted by molar-refractivity contribution is 5.93. The lowest BCUT2D eigenvalue weighted by Crippen LogP contribution is -2.49. The van der Waals surface area contributed by atoms with Gasteiger partial charge in [-0.3, -0.25) is 9.78 Å². The third-order valence-corrected chi connectivity index (χ3v) is 6.10. The number of carbonyl (C=O) groups is 1. The third-order valence-electron chi connectivity index (χ3n) is 6.10. The number of para-hydroxylation sites is 1. The maximum atomic E-state index is 13.1. The summed E-state index contributed by atoms with van der Waals surface area (Å²) in [6, 6.07) is 21.0. The number of hydrogen-bond acceptors (Lipinski definition) is 4. The third kappa shape index (κ3) is 3.52. The SMILES string of the molecule is Cc1cccc(N2CCN(C(=O)c3cc(N4CCc5ccccc54)ccn3)CC2)c1. The minimum absolute atomic E-state index is 0.0215. The molecule has 0 bridgehead atoms. The number of anilines is 3. The van der Waals surface area contributed by atoms with Gasteiger partial charge in [0.1, 0.15) is 5.69 Å². The number of pyridine rings is 1. The second-order valence-corrected chi connectivity index (χ2v) is 8.05. The number of amides is 1. The number of rotatable bonds is 3. The first kappa shape index (κ1) is 18.7. The summed E-state index contributed by atoms with van der Waals surface area (Å²) in [6.45, 7) is 6.16. The van der Waals surface area contributed by atoms with Crippen LogP contribution in [0, 0.1) is 6.92 Å². The van der Waals surface area contributed by atoms with Crippen LogP contribution in [-0.2, 0) is 6.42 Å². The Hall–Kier alpha value is -3.34. The van der Waals surface area contributed by atoms with Gasteiger partial charge in [-0.2, -0.15) is 0 Å². The fourth-order valence-electron chi connectivity index (χ4n) is 4.47. The number of piperazine rings is 1. The second kappa shape index (κ2) is 7.82. The Morgan fingerprint density at radius 3 is 2.53 bits per heavy atom. The van der Waals surface area contributed by atoms with Gasteiger partial charge in [-0.05, 0) is 54.8 Å². The molecule has 0 spiro atoms. The Bertz CT molecular complexity index is 1070. The molecule has 0 aliphatic carbocycles. The van der Waals surface area contributed by atoms with Gasteiger partial charge < -0.3 is 14.7 Å². The predicted octanol–water partition coefficient (Wildman–Crippen LogP) is 4.05. The van der Waals surface area contributed by atoms with E-state index in [1.165, 1.54) is 22.5 Å². The highest BCUT2D eigenvalue weighted by Crippen LogP contribution is 2.34. The first-order chi connectivity index (χ1) is 14.7. The van der Waals surface area contributed by atoms with Crippen LogP contribution in [0.25, 0.3) is 0 Å². The number of fused-ring (bicyclic) bond motifs is 1. The van der Waals surface area contributed by atoms with Gasteiger partial charge in [0.2, 0.25) is 0 Å². The van der Waals surface area contributed by atoms with Crippen molar-refractivity contribution in [2.45, 2.75) is 13.3 Å². The van der Waals surface area contributed by atoms with Crippen molar-refractivity contribution in [3.8, 4) is 0 Å². The minimum Gasteiger partial charge on any atom is -0.368 e. The molecule has 0 unspecified atom stereocenters. The number of hydrogen-bond donors (Lipinski definition) is 0. The topological polar surface area (TPSA) is 39.7 Å². The molecule has 5 nitrogen and oxygen atoms in total. The summed E-state index contributed by atoms with van der Waals surface area (Å²) < 4.78 is 0. The molecular formula is C25H26N4O. The van der Waals surface area contributed by atoms with Crippen LogP contribution in [0.5, 0.6) is 0 Å². The van der Waals surface area contributed by atoms with Crippen LogP contribution < -0.4 is 9.80 Å². The van der Waals surface area contributed by atoms with Crippen molar-refractivity contribution in [1.29, 1.82) is 0 Å². The van der Waals surface area contributed by atoms with E-state index in [9.17, 15) is 4.79 Å². The summed E-state index contributed by atoms with van der Waals surface area (Å²) in [7, 11) is 0. The average molecular weight is 399 g/mol. The molecule has 1 saturated heterocycles. The van der Waals surface area contributed by atoms with E-state index in [0.29, 0.717) is 18.8 Å². The fraction of sp³-hybridized carbons (Fsp3) is 0.280. The number of benzene rings is 2. The monoisotopic (exact) mass is 398 g/mol. The minimum atomic E-state index is 0.0215. The summed E-state index contributed by atoms with van der Waals surface area (Å²) in [4.78, 5) is 24.1. The van der Waals surface area contributed by atoms with E-state index in [4.69, 9.17) is 0 Å². The van der Waals surface area contributed by atoms with E-state index in [2.05, 4.69) is 70.2 Å². The average Bonchev–Trinajstić information content (AvgIpc) is 3.23. The first-order valence-corrected chi connectivity index (χ1v) is 10.6. The summed E-state index contributed by atoms with van der Waals surface area (Å²) in [6.07, 6.45) is 2.79. The molecule has 1 fully saturated rings. The number of carbonyl (C=O) groups excluding carboxylic acids is 1. The quantitative estimate of drug-likeness (QED) is 0.667. The zero-order valence-corrected chi connectivity index (χ0v) is 17.3. The highest BCUT2D eigenvalue weighted by Gasteiger charge is 2.25. The molecule has 2 aliphatic rings. The predicted molar refractivity (Wildman–Crippen MR) is 121 cm³/mol. The number of nitrogens with zero attached hydrogens (tertiary/aromatic N) is 4. The molecule has 5 rings (SSSR count). The van der Waals surface area contributed by atoms with Gasteiger partial charge in [0.05, 0.1) is 0 Å². The summed E-state index contributed by atoms with van der Waals surface area (Å²) in [5.41, 5.74) is 6.64. The van der Waals surface area contributed by atoms with Gasteiger partial charge in [0.15, 0.2) is 0 Å². The Morgan fingerprint density at radius 2 is 1.70 bits per heavy atom. The lowest BCUT2D eigenvalue weighted by Gasteiger charge is -2.36. The maximum Gasteiger partial charge on any atom is 0.272 e. The Kier molecular flexibility index (Phi) is 4.87. The van der Waals surface area contributed by atoms with Crippen LogP contribution in [0.2, 0.25) is 0 Å². The van der Waals surface area contributed by atoms with Crippen LogP contribution in [0.1, 0.15) is 21.6 Å². The second-order valence-electron chi connectivity index (χ2n) is 8.05. The van der Waals surface area contributed by atoms with Gasteiger partial charge in [-0.15, -0.1) is 0 Å². The Balaban J connectivity index is 1.29. The van der Waals surface area contributed by atoms with E-state index in [-0.39, 0.29) is 5.91 Å². The van der Waals surface area contributed by atoms with E-state index in [0.717, 1.165) is 31.7 Å². The van der Waals surface area contributed by atoms with Gasteiger partial charge >= 0.3 is 0 Å². The largest absolute Gasteiger partial charge is 0.368 e. The fourth-order valence-corrected chi connectivity index (χ4v) is 4.47. The van der Waals surface area contributed by atoms with Gasteiger partial charge in [-0.25, -0.2) is 0 Å². The van der Waals surface area contributed by atoms with Crippen LogP contribution in [-0.4, -0.2) is 48.5 Å². The molecule has 3 heterocycles. The molecule has 0 saturated carbocycles. The molecule has 1 aromatic heterocycles. The Labute approximate surface area is 177 Å². The van der Waals surface area contributed by atoms with E-state index >= 15 is 0 Å². The molecule has 3 aromatic rings. The molecule has 2 aromatic carbocycles. The molecule has 1 amide bonds. The molecule has 5 heteroatoms. The standard InChI is InChI=1S/C25H26N4O/c1-19-5-4-7-21(17-19)27-13-15-28(16-14-27)25(30)23-18-22(9-11-26-23)29-12-10-20-6-2-3-8-24(20)29/h2-9,11,17-18H,10,12-16H2,1H3. The van der Waals surface area contributed by atoms with Crippen molar-refractivity contribution in [3.63, 3.8) is 0 Å². The van der Waals surface area contributed by atoms with Crippen LogP contribution in [0.15, 0.2) is 66.9 Å². The molecule has 0 radical (unpaired) electrons. The van der Waals surface area contributed by atoms with E-state index in [1.807, 2.05) is 17.0 Å². The molecule has 0 N–H and O–H groups in total. The van der Waals surface area contributed by atoms with Crippen molar-refractivity contribution >= 4 is 23.0 Å².